The molecule has 0 aliphatic carbocycles. The summed E-state index contributed by atoms with van der Waals surface area (Å²) in [6, 6.07) is 16.1. The highest BCUT2D eigenvalue weighted by atomic mass is 35.5. The molecule has 0 fully saturated rings. The largest absolute Gasteiger partial charge is 0.465 e. The number of halogens is 1. The third-order valence-corrected chi connectivity index (χ3v) is 8.70. The van der Waals surface area contributed by atoms with Crippen LogP contribution in [0.15, 0.2) is 59.5 Å². The van der Waals surface area contributed by atoms with Crippen LogP contribution in [0, 0.1) is 0 Å². The van der Waals surface area contributed by atoms with Crippen molar-refractivity contribution in [2.24, 2.45) is 0 Å². The van der Waals surface area contributed by atoms with Gasteiger partial charge in [0.1, 0.15) is 5.00 Å². The van der Waals surface area contributed by atoms with Crippen molar-refractivity contribution in [3.8, 4) is 0 Å². The number of nitrogens with zero attached hydrogens (tertiary/aromatic N) is 1. The lowest BCUT2D eigenvalue weighted by molar-refractivity contribution is 0.0600. The minimum absolute atomic E-state index is 0. The van der Waals surface area contributed by atoms with Crippen LogP contribution in [0.1, 0.15) is 43.6 Å². The topological polar surface area (TPSA) is 92.8 Å². The highest BCUT2D eigenvalue weighted by molar-refractivity contribution is 7.91. The molecule has 0 saturated carbocycles. The number of ether oxygens (including phenoxy) is 1. The summed E-state index contributed by atoms with van der Waals surface area (Å²) in [4.78, 5) is 29.0. The van der Waals surface area contributed by atoms with Gasteiger partial charge in [-0.15, -0.1) is 23.7 Å². The van der Waals surface area contributed by atoms with E-state index < -0.39 is 21.7 Å². The first-order valence-electron chi connectivity index (χ1n) is 11.0. The van der Waals surface area contributed by atoms with Crippen molar-refractivity contribution in [3.63, 3.8) is 0 Å². The second-order valence-electron chi connectivity index (χ2n) is 8.03. The fourth-order valence-corrected chi connectivity index (χ4v) is 6.21. The van der Waals surface area contributed by atoms with E-state index >= 15 is 0 Å². The van der Waals surface area contributed by atoms with Crippen molar-refractivity contribution >= 4 is 50.5 Å². The number of methoxy groups -OCH3 is 1. The average molecular weight is 535 g/mol. The molecule has 1 aromatic heterocycles. The van der Waals surface area contributed by atoms with Gasteiger partial charge in [0.25, 0.3) is 5.91 Å². The monoisotopic (exact) mass is 534 g/mol. The van der Waals surface area contributed by atoms with Crippen molar-refractivity contribution in [1.29, 1.82) is 0 Å². The SMILES string of the molecule is CCS(=O)(=O)c1cccc(C(=O)Nc2sc3c(c2C(=O)OC)CCN(Cc2ccccc2)C3)c1.Cl. The van der Waals surface area contributed by atoms with E-state index in [1.165, 1.54) is 36.1 Å². The molecular weight excluding hydrogens is 508 g/mol. The lowest BCUT2D eigenvalue weighted by Gasteiger charge is -2.27. The number of thiophene rings is 1. The van der Waals surface area contributed by atoms with Crippen LogP contribution in [0.4, 0.5) is 5.00 Å². The van der Waals surface area contributed by atoms with Gasteiger partial charge in [-0.1, -0.05) is 43.3 Å². The second-order valence-corrected chi connectivity index (χ2v) is 11.4. The van der Waals surface area contributed by atoms with Crippen molar-refractivity contribution in [3.05, 3.63) is 81.7 Å². The van der Waals surface area contributed by atoms with Crippen LogP contribution in [-0.2, 0) is 34.1 Å². The Morgan fingerprint density at radius 3 is 2.54 bits per heavy atom. The summed E-state index contributed by atoms with van der Waals surface area (Å²) in [6.45, 7) is 3.81. The van der Waals surface area contributed by atoms with Gasteiger partial charge in [-0.2, -0.15) is 0 Å². The van der Waals surface area contributed by atoms with Crippen LogP contribution in [-0.4, -0.2) is 44.6 Å². The van der Waals surface area contributed by atoms with E-state index in [4.69, 9.17) is 4.74 Å². The van der Waals surface area contributed by atoms with Crippen molar-refractivity contribution in [2.75, 3.05) is 24.7 Å². The van der Waals surface area contributed by atoms with Crippen LogP contribution >= 0.6 is 23.7 Å². The maximum atomic E-state index is 13.0. The van der Waals surface area contributed by atoms with Crippen LogP contribution in [0.5, 0.6) is 0 Å². The van der Waals surface area contributed by atoms with E-state index in [0.717, 1.165) is 23.5 Å². The fraction of sp³-hybridized carbons (Fsp3) is 0.280. The van der Waals surface area contributed by atoms with Gasteiger partial charge in [-0.3, -0.25) is 9.69 Å². The van der Waals surface area contributed by atoms with E-state index in [1.54, 1.807) is 19.1 Å². The molecule has 1 aliphatic rings. The lowest BCUT2D eigenvalue weighted by atomic mass is 10.0. The quantitative estimate of drug-likeness (QED) is 0.447. The number of amides is 1. The van der Waals surface area contributed by atoms with Crippen LogP contribution < -0.4 is 5.32 Å². The highest BCUT2D eigenvalue weighted by Gasteiger charge is 2.29. The summed E-state index contributed by atoms with van der Waals surface area (Å²) in [5.41, 5.74) is 2.71. The Hall–Kier alpha value is -2.72. The fourth-order valence-electron chi connectivity index (χ4n) is 4.01. The Morgan fingerprint density at radius 1 is 1.11 bits per heavy atom. The molecule has 186 valence electrons. The van der Waals surface area contributed by atoms with Crippen molar-refractivity contribution in [2.45, 2.75) is 31.3 Å². The Kier molecular flexibility index (Phi) is 8.71. The standard InChI is InChI=1S/C25H26N2O5S2.ClH/c1-3-34(30,31)19-11-7-10-18(14-19)23(28)26-24-22(25(29)32-2)20-12-13-27(16-21(20)33-24)15-17-8-5-4-6-9-17;/h4-11,14H,3,12-13,15-16H2,1-2H3,(H,26,28);1H. The van der Waals surface area contributed by atoms with Gasteiger partial charge >= 0.3 is 5.97 Å². The molecule has 0 unspecified atom stereocenters. The summed E-state index contributed by atoms with van der Waals surface area (Å²) in [6.07, 6.45) is 0.670. The van der Waals surface area contributed by atoms with E-state index in [0.29, 0.717) is 23.5 Å². The minimum Gasteiger partial charge on any atom is -0.465 e. The molecule has 3 aromatic rings. The first kappa shape index (κ1) is 26.9. The first-order valence-corrected chi connectivity index (χ1v) is 13.4. The number of fused-ring (bicyclic) bond motifs is 1. The third-order valence-electron chi connectivity index (χ3n) is 5.84. The van der Waals surface area contributed by atoms with Crippen LogP contribution in [0.2, 0.25) is 0 Å². The van der Waals surface area contributed by atoms with Gasteiger partial charge < -0.3 is 10.1 Å². The van der Waals surface area contributed by atoms with E-state index in [9.17, 15) is 18.0 Å². The average Bonchev–Trinajstić information content (AvgIpc) is 3.21. The summed E-state index contributed by atoms with van der Waals surface area (Å²) >= 11 is 1.36. The summed E-state index contributed by atoms with van der Waals surface area (Å²) in [5, 5.41) is 3.25. The third kappa shape index (κ3) is 5.92. The zero-order chi connectivity index (χ0) is 24.3. The van der Waals surface area contributed by atoms with Gasteiger partial charge in [0.05, 0.1) is 23.3 Å². The molecule has 35 heavy (non-hydrogen) atoms. The number of anilines is 1. The van der Waals surface area contributed by atoms with Gasteiger partial charge in [0.15, 0.2) is 9.84 Å². The number of carbonyl (C=O) groups excluding carboxylic acids is 2. The van der Waals surface area contributed by atoms with Gasteiger partial charge in [0, 0.05) is 30.1 Å². The molecule has 0 saturated heterocycles. The van der Waals surface area contributed by atoms with Crippen LogP contribution in [0.3, 0.4) is 0 Å². The highest BCUT2D eigenvalue weighted by Crippen LogP contribution is 2.38. The van der Waals surface area contributed by atoms with E-state index in [2.05, 4.69) is 22.3 Å². The minimum atomic E-state index is -3.44. The van der Waals surface area contributed by atoms with Crippen molar-refractivity contribution in [1.82, 2.24) is 4.90 Å². The molecule has 0 atom stereocenters. The molecule has 0 radical (unpaired) electrons. The Labute approximate surface area is 215 Å². The summed E-state index contributed by atoms with van der Waals surface area (Å²) in [7, 11) is -2.12. The van der Waals surface area contributed by atoms with E-state index in [1.807, 2.05) is 18.2 Å². The number of hydrogen-bond acceptors (Lipinski definition) is 7. The molecule has 1 aliphatic heterocycles. The molecule has 1 N–H and O–H groups in total. The first-order chi connectivity index (χ1) is 16.3. The molecule has 4 rings (SSSR count). The second kappa shape index (κ2) is 11.3. The molecule has 0 bridgehead atoms. The normalized spacial score (nSPS) is 13.4. The summed E-state index contributed by atoms with van der Waals surface area (Å²) < 4.78 is 29.4. The maximum Gasteiger partial charge on any atom is 0.341 e. The summed E-state index contributed by atoms with van der Waals surface area (Å²) in [5.74, 6) is -1.02. The van der Waals surface area contributed by atoms with Gasteiger partial charge in [-0.25, -0.2) is 13.2 Å². The number of sulfone groups is 1. The number of hydrogen-bond donors (Lipinski definition) is 1. The Bertz CT molecular complexity index is 1320. The number of benzene rings is 2. The zero-order valence-corrected chi connectivity index (χ0v) is 21.9. The lowest BCUT2D eigenvalue weighted by Crippen LogP contribution is -2.29. The van der Waals surface area contributed by atoms with Gasteiger partial charge in [-0.05, 0) is 35.7 Å². The molecule has 2 heterocycles. The van der Waals surface area contributed by atoms with Crippen LogP contribution in [0.25, 0.3) is 0 Å². The molecule has 10 heteroatoms. The maximum absolute atomic E-state index is 13.0. The molecule has 0 spiro atoms. The Balaban J connectivity index is 0.00000342. The molecule has 2 aromatic carbocycles. The number of rotatable bonds is 7. The van der Waals surface area contributed by atoms with Gasteiger partial charge in [0.2, 0.25) is 0 Å². The number of esters is 1. The van der Waals surface area contributed by atoms with Crippen molar-refractivity contribution < 1.29 is 22.7 Å². The molecule has 1 amide bonds. The number of carbonyl (C=O) groups is 2. The Morgan fingerprint density at radius 2 is 1.86 bits per heavy atom. The smallest absolute Gasteiger partial charge is 0.341 e. The van der Waals surface area contributed by atoms with E-state index in [-0.39, 0.29) is 28.6 Å². The molecular formula is C25H27ClN2O5S2. The zero-order valence-electron chi connectivity index (χ0n) is 19.4. The molecule has 7 nitrogen and oxygen atoms in total. The number of nitrogens with one attached hydrogen (secondary N) is 1. The predicted molar refractivity (Wildman–Crippen MR) is 139 cm³/mol. The predicted octanol–water partition coefficient (Wildman–Crippen LogP) is 4.56.